The Morgan fingerprint density at radius 3 is 2.12 bits per heavy atom. The zero-order valence-corrected chi connectivity index (χ0v) is 20.2. The Labute approximate surface area is 203 Å². The summed E-state index contributed by atoms with van der Waals surface area (Å²) < 4.78 is 3.52. The summed E-state index contributed by atoms with van der Waals surface area (Å²) in [5.74, 6) is 0. The molecule has 0 saturated heterocycles. The van der Waals surface area contributed by atoms with Crippen molar-refractivity contribution in [3.8, 4) is 5.69 Å². The number of hydrogen-bond donors (Lipinski definition) is 0. The average molecular weight is 467 g/mol. The summed E-state index contributed by atoms with van der Waals surface area (Å²) in [6.07, 6.45) is 1.88. The first-order valence-corrected chi connectivity index (χ1v) is 12.1. The van der Waals surface area contributed by atoms with Gasteiger partial charge in [-0.2, -0.15) is 0 Å². The fourth-order valence-corrected chi connectivity index (χ4v) is 5.14. The van der Waals surface area contributed by atoms with Crippen LogP contribution in [0.25, 0.3) is 11.4 Å². The fourth-order valence-electron chi connectivity index (χ4n) is 4.14. The van der Waals surface area contributed by atoms with Crippen LogP contribution in [0, 0.1) is 13.8 Å². The number of aromatic nitrogens is 2. The molecule has 0 aliphatic carbocycles. The summed E-state index contributed by atoms with van der Waals surface area (Å²) >= 11 is 1.69. The lowest BCUT2D eigenvalue weighted by atomic mass is 10.1. The Kier molecular flexibility index (Phi) is 5.99. The second-order valence-electron chi connectivity index (χ2n) is 8.29. The molecule has 34 heavy (non-hydrogen) atoms. The Morgan fingerprint density at radius 1 is 0.853 bits per heavy atom. The van der Waals surface area contributed by atoms with Crippen molar-refractivity contribution in [3.05, 3.63) is 118 Å². The molecular formula is C28H26N4OS. The van der Waals surface area contributed by atoms with Crippen molar-refractivity contribution in [3.63, 3.8) is 0 Å². The lowest BCUT2D eigenvalue weighted by Crippen LogP contribution is -2.28. The largest absolute Gasteiger partial charge is 0.323 e. The number of thioether (sulfide) groups is 1. The highest BCUT2D eigenvalue weighted by molar-refractivity contribution is 8.04. The molecule has 0 spiro atoms. The standard InChI is InChI=1S/C28H26N4OS/c1-20-14-16-22(17-15-20)25-19-34-26(31(25)23-10-6-4-7-11-23)18-29-27-21(2)30(3)32(28(27)33)24-12-8-5-9-13-24/h4-19,26H,1-3H3/b29-18-. The van der Waals surface area contributed by atoms with E-state index in [4.69, 9.17) is 4.99 Å². The van der Waals surface area contributed by atoms with Crippen molar-refractivity contribution < 1.29 is 0 Å². The smallest absolute Gasteiger partial charge is 0.297 e. The minimum atomic E-state index is -0.122. The van der Waals surface area contributed by atoms with Gasteiger partial charge in [-0.3, -0.25) is 14.5 Å². The summed E-state index contributed by atoms with van der Waals surface area (Å²) in [6.45, 7) is 4.02. The molecule has 1 unspecified atom stereocenters. The molecule has 1 aromatic heterocycles. The zero-order valence-electron chi connectivity index (χ0n) is 19.4. The van der Waals surface area contributed by atoms with E-state index in [2.05, 4.69) is 53.6 Å². The van der Waals surface area contributed by atoms with Crippen LogP contribution in [0.4, 0.5) is 11.4 Å². The van der Waals surface area contributed by atoms with Crippen LogP contribution in [-0.4, -0.2) is 21.0 Å². The molecule has 0 bridgehead atoms. The zero-order chi connectivity index (χ0) is 23.7. The Morgan fingerprint density at radius 2 is 1.47 bits per heavy atom. The SMILES string of the molecule is Cc1ccc(C2=CSC(/C=N\c3c(C)n(C)n(-c4ccccc4)c3=O)N2c2ccccc2)cc1. The second-order valence-corrected chi connectivity index (χ2v) is 9.28. The van der Waals surface area contributed by atoms with Crippen molar-refractivity contribution in [2.75, 3.05) is 4.90 Å². The van der Waals surface area contributed by atoms with Crippen LogP contribution in [0.2, 0.25) is 0 Å². The molecule has 2 heterocycles. The number of aryl methyl sites for hydroxylation is 1. The molecule has 5 rings (SSSR count). The lowest BCUT2D eigenvalue weighted by Gasteiger charge is -2.27. The number of rotatable bonds is 5. The Hall–Kier alpha value is -3.77. The molecule has 6 heteroatoms. The van der Waals surface area contributed by atoms with E-state index in [9.17, 15) is 4.79 Å². The molecule has 4 aromatic rings. The summed E-state index contributed by atoms with van der Waals surface area (Å²) in [5, 5.41) is 2.11. The van der Waals surface area contributed by atoms with Gasteiger partial charge in [0, 0.05) is 18.9 Å². The first-order chi connectivity index (χ1) is 16.5. The minimum Gasteiger partial charge on any atom is -0.323 e. The van der Waals surface area contributed by atoms with E-state index in [0.717, 1.165) is 28.3 Å². The van der Waals surface area contributed by atoms with Crippen LogP contribution in [-0.2, 0) is 7.05 Å². The maximum absolute atomic E-state index is 13.3. The van der Waals surface area contributed by atoms with Gasteiger partial charge in [0.1, 0.15) is 5.37 Å². The molecule has 1 aliphatic rings. The third-order valence-corrected chi connectivity index (χ3v) is 7.04. The molecule has 5 nitrogen and oxygen atoms in total. The van der Waals surface area contributed by atoms with E-state index in [1.165, 1.54) is 5.56 Å². The van der Waals surface area contributed by atoms with Crippen LogP contribution < -0.4 is 10.5 Å². The molecule has 170 valence electrons. The van der Waals surface area contributed by atoms with Crippen LogP contribution in [0.15, 0.2) is 100 Å². The third kappa shape index (κ3) is 4.01. The minimum absolute atomic E-state index is 0.0668. The van der Waals surface area contributed by atoms with Crippen molar-refractivity contribution in [2.45, 2.75) is 19.2 Å². The van der Waals surface area contributed by atoms with Gasteiger partial charge in [0.2, 0.25) is 0 Å². The summed E-state index contributed by atoms with van der Waals surface area (Å²) in [7, 11) is 1.89. The summed E-state index contributed by atoms with van der Waals surface area (Å²) in [4.78, 5) is 20.3. The highest BCUT2D eigenvalue weighted by Gasteiger charge is 2.28. The second kappa shape index (κ2) is 9.23. The van der Waals surface area contributed by atoms with Crippen LogP contribution in [0.5, 0.6) is 0 Å². The van der Waals surface area contributed by atoms with E-state index in [-0.39, 0.29) is 10.9 Å². The molecular weight excluding hydrogens is 440 g/mol. The van der Waals surface area contributed by atoms with Gasteiger partial charge in [-0.25, -0.2) is 4.68 Å². The number of anilines is 1. The molecule has 1 atom stereocenters. The predicted octanol–water partition coefficient (Wildman–Crippen LogP) is 6.07. The van der Waals surface area contributed by atoms with E-state index < -0.39 is 0 Å². The molecule has 3 aromatic carbocycles. The third-order valence-electron chi connectivity index (χ3n) is 6.07. The molecule has 0 amide bonds. The number of benzene rings is 3. The Bertz CT molecular complexity index is 1420. The van der Waals surface area contributed by atoms with Gasteiger partial charge in [-0.15, -0.1) is 11.8 Å². The molecule has 0 saturated carbocycles. The van der Waals surface area contributed by atoms with Crippen molar-refractivity contribution in [1.82, 2.24) is 9.36 Å². The predicted molar refractivity (Wildman–Crippen MR) is 143 cm³/mol. The van der Waals surface area contributed by atoms with E-state index >= 15 is 0 Å². The molecule has 0 fully saturated rings. The van der Waals surface area contributed by atoms with Gasteiger partial charge < -0.3 is 4.90 Å². The number of hydrogen-bond acceptors (Lipinski definition) is 4. The van der Waals surface area contributed by atoms with Crippen molar-refractivity contribution >= 4 is 35.0 Å². The van der Waals surface area contributed by atoms with Gasteiger partial charge in [-0.05, 0) is 49.1 Å². The van der Waals surface area contributed by atoms with E-state index in [0.29, 0.717) is 5.69 Å². The van der Waals surface area contributed by atoms with Crippen molar-refractivity contribution in [1.29, 1.82) is 0 Å². The maximum Gasteiger partial charge on any atom is 0.297 e. The summed E-state index contributed by atoms with van der Waals surface area (Å²) in [5.41, 5.74) is 6.58. The summed E-state index contributed by atoms with van der Waals surface area (Å²) in [6, 6.07) is 28.5. The highest BCUT2D eigenvalue weighted by Crippen LogP contribution is 2.40. The molecule has 0 N–H and O–H groups in total. The van der Waals surface area contributed by atoms with Gasteiger partial charge in [-0.1, -0.05) is 66.2 Å². The van der Waals surface area contributed by atoms with Crippen molar-refractivity contribution in [2.24, 2.45) is 12.0 Å². The molecule has 0 radical (unpaired) electrons. The maximum atomic E-state index is 13.3. The quantitative estimate of drug-likeness (QED) is 0.335. The number of nitrogens with zero attached hydrogens (tertiary/aromatic N) is 4. The lowest BCUT2D eigenvalue weighted by molar-refractivity contribution is 0.630. The normalized spacial score (nSPS) is 15.8. The average Bonchev–Trinajstić information content (AvgIpc) is 3.38. The fraction of sp³-hybridized carbons (Fsp3) is 0.143. The highest BCUT2D eigenvalue weighted by atomic mass is 32.2. The van der Waals surface area contributed by atoms with E-state index in [1.807, 2.05) is 73.4 Å². The number of aliphatic imine (C=N–C) groups is 1. The van der Waals surface area contributed by atoms with E-state index in [1.54, 1.807) is 16.4 Å². The van der Waals surface area contributed by atoms with Crippen LogP contribution >= 0.6 is 11.8 Å². The van der Waals surface area contributed by atoms with Gasteiger partial charge in [0.15, 0.2) is 5.69 Å². The van der Waals surface area contributed by atoms with Gasteiger partial charge in [0.25, 0.3) is 5.56 Å². The first-order valence-electron chi connectivity index (χ1n) is 11.2. The van der Waals surface area contributed by atoms with Gasteiger partial charge >= 0.3 is 0 Å². The Balaban J connectivity index is 1.51. The monoisotopic (exact) mass is 466 g/mol. The van der Waals surface area contributed by atoms with Crippen LogP contribution in [0.3, 0.4) is 0 Å². The topological polar surface area (TPSA) is 42.5 Å². The van der Waals surface area contributed by atoms with Crippen LogP contribution in [0.1, 0.15) is 16.8 Å². The number of para-hydroxylation sites is 2. The molecule has 1 aliphatic heterocycles. The van der Waals surface area contributed by atoms with Gasteiger partial charge in [0.05, 0.1) is 17.1 Å². The first kappa shape index (κ1) is 22.0.